The Kier molecular flexibility index (Phi) is 4.19. The third kappa shape index (κ3) is 2.61. The van der Waals surface area contributed by atoms with Crippen molar-refractivity contribution in [2.45, 2.75) is 26.7 Å². The van der Waals surface area contributed by atoms with E-state index in [1.165, 1.54) is 11.7 Å². The predicted molar refractivity (Wildman–Crippen MR) is 59.8 cm³/mol. The molecule has 1 heterocycles. The molecule has 0 saturated carbocycles. The lowest BCUT2D eigenvalue weighted by Gasteiger charge is -2.00. The number of esters is 1. The van der Waals surface area contributed by atoms with Crippen LogP contribution in [0.3, 0.4) is 0 Å². The normalized spacial score (nSPS) is 10.3. The SMILES string of the molecule is CCCc1nn(C)c(C(=O)OCC)c1[N+](=O)[O-]. The summed E-state index contributed by atoms with van der Waals surface area (Å²) >= 11 is 0. The van der Waals surface area contributed by atoms with Crippen LogP contribution in [0, 0.1) is 10.1 Å². The van der Waals surface area contributed by atoms with Crippen LogP contribution in [-0.4, -0.2) is 27.3 Å². The van der Waals surface area contributed by atoms with Gasteiger partial charge >= 0.3 is 11.7 Å². The number of nitro groups is 1. The third-order valence-corrected chi connectivity index (χ3v) is 2.23. The fourth-order valence-corrected chi connectivity index (χ4v) is 1.59. The minimum Gasteiger partial charge on any atom is -0.461 e. The van der Waals surface area contributed by atoms with E-state index in [9.17, 15) is 14.9 Å². The number of rotatable bonds is 5. The van der Waals surface area contributed by atoms with Gasteiger partial charge in [0.05, 0.1) is 11.5 Å². The van der Waals surface area contributed by atoms with Gasteiger partial charge in [0.1, 0.15) is 5.69 Å². The van der Waals surface area contributed by atoms with E-state index in [1.54, 1.807) is 6.92 Å². The van der Waals surface area contributed by atoms with Gasteiger partial charge in [-0.1, -0.05) is 13.3 Å². The average molecular weight is 241 g/mol. The Bertz CT molecular complexity index is 439. The lowest BCUT2D eigenvalue weighted by Crippen LogP contribution is -2.12. The first-order chi connectivity index (χ1) is 8.02. The van der Waals surface area contributed by atoms with Crippen LogP contribution in [0.2, 0.25) is 0 Å². The summed E-state index contributed by atoms with van der Waals surface area (Å²) < 4.78 is 6.00. The fourth-order valence-electron chi connectivity index (χ4n) is 1.59. The molecule has 0 atom stereocenters. The molecule has 0 aliphatic carbocycles. The number of carbonyl (C=O) groups excluding carboxylic acids is 1. The molecule has 7 nitrogen and oxygen atoms in total. The van der Waals surface area contributed by atoms with Crippen LogP contribution >= 0.6 is 0 Å². The second-order valence-electron chi connectivity index (χ2n) is 3.50. The summed E-state index contributed by atoms with van der Waals surface area (Å²) in [5, 5.41) is 15.0. The van der Waals surface area contributed by atoms with Gasteiger partial charge in [0, 0.05) is 7.05 Å². The van der Waals surface area contributed by atoms with Gasteiger partial charge in [0.25, 0.3) is 0 Å². The molecule has 0 aliphatic heterocycles. The molecule has 1 aromatic heterocycles. The van der Waals surface area contributed by atoms with Gasteiger partial charge in [0.2, 0.25) is 5.69 Å². The van der Waals surface area contributed by atoms with Crippen molar-refractivity contribution in [3.05, 3.63) is 21.5 Å². The summed E-state index contributed by atoms with van der Waals surface area (Å²) in [7, 11) is 1.50. The first kappa shape index (κ1) is 13.1. The molecular formula is C10H15N3O4. The molecule has 0 radical (unpaired) electrons. The maximum absolute atomic E-state index is 11.6. The van der Waals surface area contributed by atoms with Crippen molar-refractivity contribution < 1.29 is 14.5 Å². The van der Waals surface area contributed by atoms with E-state index in [4.69, 9.17) is 4.74 Å². The van der Waals surface area contributed by atoms with Crippen LogP contribution in [-0.2, 0) is 18.2 Å². The smallest absolute Gasteiger partial charge is 0.363 e. The molecule has 0 aromatic carbocycles. The number of hydrogen-bond donors (Lipinski definition) is 0. The second-order valence-corrected chi connectivity index (χ2v) is 3.50. The Morgan fingerprint density at radius 3 is 2.65 bits per heavy atom. The molecule has 0 bridgehead atoms. The van der Waals surface area contributed by atoms with Gasteiger partial charge in [-0.3, -0.25) is 14.8 Å². The van der Waals surface area contributed by atoms with Crippen LogP contribution in [0.1, 0.15) is 36.5 Å². The lowest BCUT2D eigenvalue weighted by atomic mass is 10.2. The van der Waals surface area contributed by atoms with E-state index >= 15 is 0 Å². The number of aromatic nitrogens is 2. The Morgan fingerprint density at radius 2 is 2.18 bits per heavy atom. The summed E-state index contributed by atoms with van der Waals surface area (Å²) in [6.07, 6.45) is 1.18. The van der Waals surface area contributed by atoms with Crippen LogP contribution in [0.5, 0.6) is 0 Å². The van der Waals surface area contributed by atoms with E-state index in [0.29, 0.717) is 12.1 Å². The Labute approximate surface area is 98.5 Å². The Morgan fingerprint density at radius 1 is 1.53 bits per heavy atom. The van der Waals surface area contributed by atoms with Gasteiger partial charge in [-0.15, -0.1) is 0 Å². The molecule has 0 fully saturated rings. The highest BCUT2D eigenvalue weighted by Gasteiger charge is 2.31. The molecule has 0 saturated heterocycles. The highest BCUT2D eigenvalue weighted by Crippen LogP contribution is 2.24. The standard InChI is InChI=1S/C10H15N3O4/c1-4-6-7-8(13(15)16)9(12(3)11-7)10(14)17-5-2/h4-6H2,1-3H3. The first-order valence-electron chi connectivity index (χ1n) is 5.40. The van der Waals surface area contributed by atoms with Crippen molar-refractivity contribution in [1.82, 2.24) is 9.78 Å². The van der Waals surface area contributed by atoms with Gasteiger partial charge in [0.15, 0.2) is 0 Å². The molecule has 17 heavy (non-hydrogen) atoms. The molecule has 7 heteroatoms. The summed E-state index contributed by atoms with van der Waals surface area (Å²) in [6.45, 7) is 3.71. The maximum atomic E-state index is 11.6. The topological polar surface area (TPSA) is 87.3 Å². The van der Waals surface area contributed by atoms with E-state index in [-0.39, 0.29) is 18.0 Å². The van der Waals surface area contributed by atoms with E-state index in [0.717, 1.165) is 6.42 Å². The van der Waals surface area contributed by atoms with Crippen LogP contribution in [0.25, 0.3) is 0 Å². The van der Waals surface area contributed by atoms with E-state index in [1.807, 2.05) is 6.92 Å². The number of aryl methyl sites for hydroxylation is 2. The Balaban J connectivity index is 3.27. The molecule has 1 rings (SSSR count). The lowest BCUT2D eigenvalue weighted by molar-refractivity contribution is -0.386. The number of hydrogen-bond acceptors (Lipinski definition) is 5. The third-order valence-electron chi connectivity index (χ3n) is 2.23. The molecule has 0 spiro atoms. The molecule has 0 unspecified atom stereocenters. The monoisotopic (exact) mass is 241 g/mol. The number of ether oxygens (including phenoxy) is 1. The summed E-state index contributed by atoms with van der Waals surface area (Å²) in [6, 6.07) is 0. The van der Waals surface area contributed by atoms with Crippen LogP contribution in [0.4, 0.5) is 5.69 Å². The minimum atomic E-state index is -0.712. The van der Waals surface area contributed by atoms with Crippen molar-refractivity contribution in [2.24, 2.45) is 7.05 Å². The van der Waals surface area contributed by atoms with Crippen molar-refractivity contribution in [3.8, 4) is 0 Å². The Hall–Kier alpha value is -1.92. The van der Waals surface area contributed by atoms with Gasteiger partial charge in [-0.05, 0) is 13.3 Å². The molecule has 94 valence electrons. The van der Waals surface area contributed by atoms with Gasteiger partial charge < -0.3 is 4.74 Å². The number of nitrogens with zero attached hydrogens (tertiary/aromatic N) is 3. The molecular weight excluding hydrogens is 226 g/mol. The predicted octanol–water partition coefficient (Wildman–Crippen LogP) is 1.46. The molecule has 0 N–H and O–H groups in total. The zero-order valence-corrected chi connectivity index (χ0v) is 10.1. The van der Waals surface area contributed by atoms with Gasteiger partial charge in [-0.2, -0.15) is 5.10 Å². The first-order valence-corrected chi connectivity index (χ1v) is 5.40. The minimum absolute atomic E-state index is 0.0969. The number of carbonyl (C=O) groups is 1. The highest BCUT2D eigenvalue weighted by atomic mass is 16.6. The van der Waals surface area contributed by atoms with Crippen molar-refractivity contribution >= 4 is 11.7 Å². The summed E-state index contributed by atoms with van der Waals surface area (Å²) in [5.41, 5.74) is -0.0175. The zero-order valence-electron chi connectivity index (χ0n) is 10.1. The van der Waals surface area contributed by atoms with Crippen LogP contribution in [0.15, 0.2) is 0 Å². The van der Waals surface area contributed by atoms with Crippen LogP contribution < -0.4 is 0 Å². The van der Waals surface area contributed by atoms with E-state index < -0.39 is 10.9 Å². The molecule has 0 amide bonds. The largest absolute Gasteiger partial charge is 0.461 e. The quantitative estimate of drug-likeness (QED) is 0.442. The summed E-state index contributed by atoms with van der Waals surface area (Å²) in [5.74, 6) is -0.712. The van der Waals surface area contributed by atoms with Crippen molar-refractivity contribution in [2.75, 3.05) is 6.61 Å². The van der Waals surface area contributed by atoms with E-state index in [2.05, 4.69) is 5.10 Å². The molecule has 1 aromatic rings. The summed E-state index contributed by atoms with van der Waals surface area (Å²) in [4.78, 5) is 22.0. The average Bonchev–Trinajstić information content (AvgIpc) is 2.56. The van der Waals surface area contributed by atoms with Crippen molar-refractivity contribution in [1.29, 1.82) is 0 Å². The fraction of sp³-hybridized carbons (Fsp3) is 0.600. The second kappa shape index (κ2) is 5.42. The zero-order chi connectivity index (χ0) is 13.0. The van der Waals surface area contributed by atoms with Crippen molar-refractivity contribution in [3.63, 3.8) is 0 Å². The maximum Gasteiger partial charge on any atom is 0.363 e. The molecule has 0 aliphatic rings. The van der Waals surface area contributed by atoms with Gasteiger partial charge in [-0.25, -0.2) is 4.79 Å². The highest BCUT2D eigenvalue weighted by molar-refractivity contribution is 5.92.